The molecule has 2 aliphatic carbocycles. The minimum atomic E-state index is -0.651. The second-order valence-electron chi connectivity index (χ2n) is 29.8. The summed E-state index contributed by atoms with van der Waals surface area (Å²) in [5, 5.41) is 6.56. The van der Waals surface area contributed by atoms with E-state index < -0.39 is 10.8 Å². The molecule has 0 saturated carbocycles. The van der Waals surface area contributed by atoms with Crippen molar-refractivity contribution in [2.75, 3.05) is 0 Å². The minimum absolute atomic E-state index is 0.415. The summed E-state index contributed by atoms with van der Waals surface area (Å²) in [6.45, 7) is 2.29. The van der Waals surface area contributed by atoms with E-state index in [4.69, 9.17) is 43.2 Å². The van der Waals surface area contributed by atoms with E-state index in [1.807, 2.05) is 91.0 Å². The van der Waals surface area contributed by atoms with E-state index in [1.54, 1.807) is 0 Å². The van der Waals surface area contributed by atoms with Crippen LogP contribution in [0.25, 0.3) is 179 Å². The standard InChI is InChI=1S/C54H37N3O.C52H31N3O2/c1-2-54(42-24-10-5-11-25-42)47-32-41(28-29-43(47)45-33-46-44-26-12-13-27-49(44)58-50(46)34-48(45)54)53-56-51(39-22-14-20-37(30-39)35-16-6-3-7-17-35)55-52(57-53)40-23-15-21-38(31-40)36-18-8-4-9-19-36;1-4-14-32(15-5-1)49-53-50(33-25-27-47-41(28-33)38-20-10-12-22-45(38)56-47)55-51(54-49)34-24-26-37-40-30-42-39-21-11-13-23-46(39)57-48(42)31-44(40)52(43(37)29-34,35-16-6-2-7-17-35)36-18-8-3-9-19-36/h3-34H,2H2,1H3;1-31H. The maximum absolute atomic E-state index is 6.56. The van der Waals surface area contributed by atoms with Gasteiger partial charge in [-0.1, -0.05) is 304 Å². The molecule has 0 bridgehead atoms. The van der Waals surface area contributed by atoms with Crippen molar-refractivity contribution < 1.29 is 13.3 Å². The number of hydrogen-bond acceptors (Lipinski definition) is 9. The van der Waals surface area contributed by atoms with Gasteiger partial charge in [0.15, 0.2) is 34.9 Å². The molecule has 9 heteroatoms. The lowest BCUT2D eigenvalue weighted by molar-refractivity contribution is 0.606. The molecular formula is C106H68N6O3. The Morgan fingerprint density at radius 3 is 0.974 bits per heavy atom. The molecule has 2 aliphatic rings. The first-order valence-electron chi connectivity index (χ1n) is 39.1. The van der Waals surface area contributed by atoms with Crippen LogP contribution < -0.4 is 0 Å². The molecule has 5 aromatic heterocycles. The van der Waals surface area contributed by atoms with E-state index >= 15 is 0 Å². The summed E-state index contributed by atoms with van der Waals surface area (Å²) in [5.74, 6) is 3.70. The van der Waals surface area contributed by atoms with E-state index in [-0.39, 0.29) is 0 Å². The molecule has 0 radical (unpaired) electrons. The van der Waals surface area contributed by atoms with Gasteiger partial charge < -0.3 is 13.3 Å². The summed E-state index contributed by atoms with van der Waals surface area (Å²) in [6.07, 6.45) is 0.860. The highest BCUT2D eigenvalue weighted by Gasteiger charge is 2.48. The van der Waals surface area contributed by atoms with Crippen LogP contribution in [0.2, 0.25) is 0 Å². The van der Waals surface area contributed by atoms with Crippen LogP contribution in [0, 0.1) is 0 Å². The smallest absolute Gasteiger partial charge is 0.164 e. The van der Waals surface area contributed by atoms with Crippen molar-refractivity contribution >= 4 is 65.8 Å². The van der Waals surface area contributed by atoms with Gasteiger partial charge in [0.25, 0.3) is 0 Å². The van der Waals surface area contributed by atoms with Crippen LogP contribution in [-0.4, -0.2) is 29.9 Å². The van der Waals surface area contributed by atoms with Crippen molar-refractivity contribution in [3.05, 3.63) is 421 Å². The zero-order valence-electron chi connectivity index (χ0n) is 62.5. The fourth-order valence-corrected chi connectivity index (χ4v) is 18.1. The number of aromatic nitrogens is 6. The molecule has 0 amide bonds. The molecule has 5 heterocycles. The topological polar surface area (TPSA) is 117 Å². The maximum Gasteiger partial charge on any atom is 0.164 e. The number of hydrogen-bond donors (Lipinski definition) is 0. The maximum atomic E-state index is 6.56. The molecule has 0 aliphatic heterocycles. The van der Waals surface area contributed by atoms with E-state index in [1.165, 1.54) is 61.2 Å². The molecule has 0 N–H and O–H groups in total. The van der Waals surface area contributed by atoms with E-state index in [0.29, 0.717) is 34.9 Å². The van der Waals surface area contributed by atoms with Crippen LogP contribution in [0.1, 0.15) is 52.3 Å². The Bertz CT molecular complexity index is 7250. The molecule has 16 aromatic carbocycles. The summed E-state index contributed by atoms with van der Waals surface area (Å²) in [7, 11) is 0. The fraction of sp³-hybridized carbons (Fsp3) is 0.0377. The first-order valence-corrected chi connectivity index (χ1v) is 39.1. The Balaban J connectivity index is 0.000000140. The summed E-state index contributed by atoms with van der Waals surface area (Å²) in [5.41, 5.74) is 27.5. The molecule has 0 fully saturated rings. The molecule has 0 spiro atoms. The fourth-order valence-electron chi connectivity index (χ4n) is 18.1. The third-order valence-corrected chi connectivity index (χ3v) is 23.5. The number of furan rings is 3. The minimum Gasteiger partial charge on any atom is -0.456 e. The van der Waals surface area contributed by atoms with Gasteiger partial charge in [0.05, 0.1) is 5.41 Å². The summed E-state index contributed by atoms with van der Waals surface area (Å²) in [6, 6.07) is 134. The average Bonchev–Trinajstić information content (AvgIpc) is 1.54. The molecule has 1 atom stereocenters. The first-order chi connectivity index (χ1) is 56.9. The molecule has 0 saturated heterocycles. The second kappa shape index (κ2) is 27.2. The number of para-hydroxylation sites is 3. The van der Waals surface area contributed by atoms with E-state index in [0.717, 1.165) is 128 Å². The van der Waals surface area contributed by atoms with Gasteiger partial charge in [0.1, 0.15) is 33.5 Å². The SMILES string of the molecule is CCC1(c2ccccc2)c2cc(-c3nc(-c4cccc(-c5ccccc5)c4)nc(-c4cccc(-c5ccccc5)c4)n3)ccc2-c2cc3c(cc21)oc1ccccc13.c1ccc(-c2nc(-c3ccc4c(c3)C(c3ccccc3)(c3ccccc3)c3cc5oc6ccccc6c5cc3-4)nc(-c3ccc4oc5ccccc5c4c3)n2)cc1. The van der Waals surface area contributed by atoms with Gasteiger partial charge in [-0.25, -0.2) is 29.9 Å². The normalized spacial score (nSPS) is 13.7. The van der Waals surface area contributed by atoms with Crippen LogP contribution in [0.4, 0.5) is 0 Å². The summed E-state index contributed by atoms with van der Waals surface area (Å²) in [4.78, 5) is 31.2. The largest absolute Gasteiger partial charge is 0.456 e. The quantitative estimate of drug-likeness (QED) is 0.118. The number of nitrogens with zero attached hydrogens (tertiary/aromatic N) is 6. The Morgan fingerprint density at radius 2 is 0.504 bits per heavy atom. The number of fused-ring (bicyclic) bond motifs is 15. The van der Waals surface area contributed by atoms with Crippen LogP contribution in [0.5, 0.6) is 0 Å². The molecule has 21 aromatic rings. The van der Waals surface area contributed by atoms with Gasteiger partial charge in [0.2, 0.25) is 0 Å². The molecule has 23 rings (SSSR count). The van der Waals surface area contributed by atoms with Crippen molar-refractivity contribution in [1.82, 2.24) is 29.9 Å². The Kier molecular flexibility index (Phi) is 15.8. The predicted molar refractivity (Wildman–Crippen MR) is 464 cm³/mol. The number of rotatable bonds is 12. The third kappa shape index (κ3) is 11.1. The van der Waals surface area contributed by atoms with Crippen molar-refractivity contribution in [1.29, 1.82) is 0 Å². The second-order valence-corrected chi connectivity index (χ2v) is 29.8. The molecule has 540 valence electrons. The van der Waals surface area contributed by atoms with Crippen LogP contribution in [0.15, 0.2) is 395 Å². The lowest BCUT2D eigenvalue weighted by atomic mass is 9.67. The lowest BCUT2D eigenvalue weighted by Crippen LogP contribution is -2.28. The zero-order chi connectivity index (χ0) is 76.1. The molecule has 115 heavy (non-hydrogen) atoms. The number of benzene rings is 16. The van der Waals surface area contributed by atoms with Crippen molar-refractivity contribution in [3.8, 4) is 113 Å². The van der Waals surface area contributed by atoms with Crippen molar-refractivity contribution in [3.63, 3.8) is 0 Å². The van der Waals surface area contributed by atoms with Gasteiger partial charge in [-0.2, -0.15) is 0 Å². The van der Waals surface area contributed by atoms with Crippen LogP contribution in [0.3, 0.4) is 0 Å². The Hall–Kier alpha value is -15.1. The zero-order valence-corrected chi connectivity index (χ0v) is 62.5. The first kappa shape index (κ1) is 66.9. The van der Waals surface area contributed by atoms with Gasteiger partial charge in [0, 0.05) is 71.1 Å². The Labute approximate surface area is 662 Å². The van der Waals surface area contributed by atoms with Crippen LogP contribution >= 0.6 is 0 Å². The van der Waals surface area contributed by atoms with Gasteiger partial charge in [-0.15, -0.1) is 0 Å². The highest BCUT2D eigenvalue weighted by Crippen LogP contribution is 2.60. The molecular weight excluding hydrogens is 1410 g/mol. The van der Waals surface area contributed by atoms with E-state index in [2.05, 4.69) is 298 Å². The highest BCUT2D eigenvalue weighted by atomic mass is 16.3. The van der Waals surface area contributed by atoms with Crippen molar-refractivity contribution in [2.45, 2.75) is 24.2 Å². The molecule has 9 nitrogen and oxygen atoms in total. The highest BCUT2D eigenvalue weighted by molar-refractivity contribution is 6.10. The van der Waals surface area contributed by atoms with Gasteiger partial charge in [-0.05, 0) is 175 Å². The lowest BCUT2D eigenvalue weighted by Gasteiger charge is -2.34. The van der Waals surface area contributed by atoms with Gasteiger partial charge >= 0.3 is 0 Å². The summed E-state index contributed by atoms with van der Waals surface area (Å²) < 4.78 is 19.2. The van der Waals surface area contributed by atoms with E-state index in [9.17, 15) is 0 Å². The van der Waals surface area contributed by atoms with Crippen LogP contribution in [-0.2, 0) is 10.8 Å². The Morgan fingerprint density at radius 1 is 0.200 bits per heavy atom. The monoisotopic (exact) mass is 1470 g/mol. The average molecular weight is 1470 g/mol. The molecule has 1 unspecified atom stereocenters. The third-order valence-electron chi connectivity index (χ3n) is 23.5. The summed E-state index contributed by atoms with van der Waals surface area (Å²) >= 11 is 0. The predicted octanol–water partition coefficient (Wildman–Crippen LogP) is 26.9. The van der Waals surface area contributed by atoms with Gasteiger partial charge in [-0.3, -0.25) is 0 Å². The van der Waals surface area contributed by atoms with Crippen molar-refractivity contribution in [2.24, 2.45) is 0 Å².